The Hall–Kier alpha value is -6.13. The predicted octanol–water partition coefficient (Wildman–Crippen LogP) is 4.18. The summed E-state index contributed by atoms with van der Waals surface area (Å²) in [6.45, 7) is 27.1. The number of ether oxygens (including phenoxy) is 1. The van der Waals surface area contributed by atoms with Crippen LogP contribution < -0.4 is 26.6 Å². The number of esters is 1. The molecular formula is C60H109N11O12. The first-order chi connectivity index (χ1) is 38.5. The number of imide groups is 1. The second-order valence-electron chi connectivity index (χ2n) is 24.4. The van der Waals surface area contributed by atoms with Gasteiger partial charge in [0.25, 0.3) is 0 Å². The third kappa shape index (κ3) is 24.5. The lowest BCUT2D eigenvalue weighted by Crippen LogP contribution is -2.61. The maximum Gasteiger partial charge on any atom is 0.325 e. The van der Waals surface area contributed by atoms with E-state index in [4.69, 9.17) is 4.74 Å². The Morgan fingerprint density at radius 3 is 1.35 bits per heavy atom. The van der Waals surface area contributed by atoms with Crippen molar-refractivity contribution in [2.24, 2.45) is 35.5 Å². The second kappa shape index (κ2) is 37.2. The number of carbonyl (C=O) groups excluding carboxylic acids is 11. The number of nitrogens with zero attached hydrogens (tertiary/aromatic N) is 6. The Morgan fingerprint density at radius 1 is 0.470 bits per heavy atom. The molecule has 1 unspecified atom stereocenters. The topological polar surface area (TPSA) is 277 Å². The summed E-state index contributed by atoms with van der Waals surface area (Å²) >= 11 is 0. The molecule has 83 heavy (non-hydrogen) atoms. The molecule has 0 saturated carbocycles. The lowest BCUT2D eigenvalue weighted by molar-refractivity contribution is -0.153. The molecule has 0 aliphatic carbocycles. The predicted molar refractivity (Wildman–Crippen MR) is 322 cm³/mol. The Bertz CT molecular complexity index is 2190. The normalized spacial score (nSPS) is 15.2. The van der Waals surface area contributed by atoms with E-state index in [1.165, 1.54) is 75.9 Å². The van der Waals surface area contributed by atoms with Crippen molar-refractivity contribution in [1.82, 2.24) is 56.0 Å². The van der Waals surface area contributed by atoms with Gasteiger partial charge in [0.15, 0.2) is 0 Å². The van der Waals surface area contributed by atoms with E-state index in [-0.39, 0.29) is 86.5 Å². The van der Waals surface area contributed by atoms with Crippen molar-refractivity contribution in [3.8, 4) is 0 Å². The first-order valence-corrected chi connectivity index (χ1v) is 29.6. The fraction of sp³-hybridized carbons (Fsp3) is 0.783. The van der Waals surface area contributed by atoms with Gasteiger partial charge in [0.05, 0.1) is 13.2 Å². The minimum absolute atomic E-state index is 0.0752. The molecule has 0 radical (unpaired) electrons. The quantitative estimate of drug-likeness (QED) is 0.0441. The molecule has 0 aliphatic heterocycles. The molecule has 0 spiro atoms. The highest BCUT2D eigenvalue weighted by molar-refractivity contribution is 6.01. The van der Waals surface area contributed by atoms with E-state index >= 15 is 0 Å². The lowest BCUT2D eigenvalue weighted by Gasteiger charge is -2.39. The molecule has 23 heteroatoms. The third-order valence-electron chi connectivity index (χ3n) is 15.0. The van der Waals surface area contributed by atoms with Crippen molar-refractivity contribution in [3.05, 3.63) is 12.2 Å². The van der Waals surface area contributed by atoms with Gasteiger partial charge in [-0.2, -0.15) is 0 Å². The maximum atomic E-state index is 14.9. The smallest absolute Gasteiger partial charge is 0.325 e. The Labute approximate surface area is 497 Å². The molecule has 10 atom stereocenters. The van der Waals surface area contributed by atoms with Crippen LogP contribution in [0.25, 0.3) is 0 Å². The fourth-order valence-corrected chi connectivity index (χ4v) is 9.69. The van der Waals surface area contributed by atoms with Gasteiger partial charge < -0.3 is 55.4 Å². The van der Waals surface area contributed by atoms with Crippen molar-refractivity contribution in [2.75, 3.05) is 63.0 Å². The zero-order chi connectivity index (χ0) is 64.5. The van der Waals surface area contributed by atoms with Crippen LogP contribution in [-0.2, 0) is 52.7 Å². The Kier molecular flexibility index (Phi) is 34.5. The zero-order valence-corrected chi connectivity index (χ0v) is 54.8. The summed E-state index contributed by atoms with van der Waals surface area (Å²) in [6, 6.07) is -10.3. The van der Waals surface area contributed by atoms with Gasteiger partial charge >= 0.3 is 12.0 Å². The number of rotatable bonds is 35. The molecule has 0 fully saturated rings. The summed E-state index contributed by atoms with van der Waals surface area (Å²) in [5.41, 5.74) is 0. The summed E-state index contributed by atoms with van der Waals surface area (Å²) in [5, 5.41) is 13.7. The number of likely N-dealkylation sites (N-methyl/N-ethyl adjacent to an activating group) is 7. The van der Waals surface area contributed by atoms with Crippen LogP contribution in [0.15, 0.2) is 12.2 Å². The molecule has 476 valence electrons. The zero-order valence-electron chi connectivity index (χ0n) is 54.8. The monoisotopic (exact) mass is 1180 g/mol. The molecule has 0 bridgehead atoms. The van der Waals surface area contributed by atoms with Crippen molar-refractivity contribution < 1.29 is 57.5 Å². The highest BCUT2D eigenvalue weighted by Crippen LogP contribution is 2.24. The van der Waals surface area contributed by atoms with E-state index in [2.05, 4.69) is 26.6 Å². The molecule has 0 aromatic heterocycles. The Balaban J connectivity index is 6.82. The number of allylic oxidation sites excluding steroid dienone is 2. The van der Waals surface area contributed by atoms with E-state index in [0.717, 1.165) is 9.80 Å². The SMILES string of the molecule is C/C=C/C[C@@H](C)CC(C(=O)N[C@@H](CC)C(=O)N(C)CC(=O)OC)N(C)C(=O)[C@H](CC)N(C)C(=O)[C@H](CC(C)C)N(C)C(=O)[C@H](CC(C)C)N(C)C(=O)NC(=O)[C@@H](C)NC(=O)[C@H](CC(C)C)N(C)C(=O)[C@@H](NC(=O)[C@H](CC(C)C)NC)C(C)C. The number of hydrogen-bond donors (Lipinski definition) is 5. The van der Waals surface area contributed by atoms with Crippen LogP contribution in [-0.4, -0.2) is 212 Å². The van der Waals surface area contributed by atoms with Gasteiger partial charge in [0.1, 0.15) is 54.9 Å². The Morgan fingerprint density at radius 2 is 0.904 bits per heavy atom. The lowest BCUT2D eigenvalue weighted by atomic mass is 9.95. The summed E-state index contributed by atoms with van der Waals surface area (Å²) < 4.78 is 4.71. The van der Waals surface area contributed by atoms with Crippen LogP contribution in [0.5, 0.6) is 0 Å². The fourth-order valence-electron chi connectivity index (χ4n) is 9.69. The maximum absolute atomic E-state index is 14.9. The first kappa shape index (κ1) is 76.9. The number of hydrogen-bond acceptors (Lipinski definition) is 13. The molecule has 23 nitrogen and oxygen atoms in total. The molecule has 0 rings (SSSR count). The summed E-state index contributed by atoms with van der Waals surface area (Å²) in [4.78, 5) is 161. The van der Waals surface area contributed by atoms with E-state index in [9.17, 15) is 52.7 Å². The van der Waals surface area contributed by atoms with Crippen molar-refractivity contribution in [1.29, 1.82) is 0 Å². The van der Waals surface area contributed by atoms with E-state index < -0.39 is 114 Å². The number of amides is 11. The van der Waals surface area contributed by atoms with Crippen LogP contribution in [0.1, 0.15) is 155 Å². The van der Waals surface area contributed by atoms with Crippen molar-refractivity contribution >= 4 is 65.2 Å². The summed E-state index contributed by atoms with van der Waals surface area (Å²) in [6.07, 6.45) is 5.99. The molecular weight excluding hydrogens is 1070 g/mol. The van der Waals surface area contributed by atoms with Gasteiger partial charge in [0, 0.05) is 42.3 Å². The number of nitrogens with one attached hydrogen (secondary N) is 5. The third-order valence-corrected chi connectivity index (χ3v) is 15.0. The number of methoxy groups -OCH3 is 1. The standard InChI is InChI=1S/C60H109N11O12/c1-24-27-28-40(14)33-46(54(76)63-42(25-2)55(77)66(17)34-49(72)83-23)68(19)56(78)44(26-3)67(18)57(79)47(31-37(8)9)70(21)58(80)48(32-38(10)11)71(22)60(82)65-51(73)41(15)62-53(75)45(30-36(6)7)69(20)59(81)50(39(12)13)64-52(74)43(61-16)29-35(4)5/h24,27,35-48,50,61H,25-26,28-34H2,1-23H3,(H,62,75)(H,63,76)(H,64,74)(H,65,73,82)/b27-24+/t40-,41-,42+,43+,44+,45+,46?,47+,48+,50+/m1/s1. The van der Waals surface area contributed by atoms with Gasteiger partial charge in [-0.3, -0.25) is 53.3 Å². The minimum Gasteiger partial charge on any atom is -0.468 e. The van der Waals surface area contributed by atoms with Crippen LogP contribution in [0.3, 0.4) is 0 Å². The van der Waals surface area contributed by atoms with Crippen molar-refractivity contribution in [3.63, 3.8) is 0 Å². The number of urea groups is 1. The van der Waals surface area contributed by atoms with Crippen molar-refractivity contribution in [2.45, 2.75) is 210 Å². The summed E-state index contributed by atoms with van der Waals surface area (Å²) in [5.74, 6) is -6.47. The average Bonchev–Trinajstić information content (AvgIpc) is 3.42. The van der Waals surface area contributed by atoms with Gasteiger partial charge in [-0.05, 0) is 108 Å². The van der Waals surface area contributed by atoms with Crippen LogP contribution >= 0.6 is 0 Å². The largest absolute Gasteiger partial charge is 0.468 e. The highest BCUT2D eigenvalue weighted by Gasteiger charge is 2.42. The highest BCUT2D eigenvalue weighted by atomic mass is 16.5. The van der Waals surface area contributed by atoms with E-state index in [0.29, 0.717) is 12.8 Å². The second-order valence-corrected chi connectivity index (χ2v) is 24.4. The molecule has 0 saturated heterocycles. The molecule has 0 aromatic rings. The molecule has 0 heterocycles. The molecule has 5 N–H and O–H groups in total. The average molecular weight is 1180 g/mol. The van der Waals surface area contributed by atoms with Gasteiger partial charge in [-0.25, -0.2) is 4.79 Å². The van der Waals surface area contributed by atoms with Gasteiger partial charge in [0.2, 0.25) is 53.2 Å². The number of carbonyl (C=O) groups is 11. The van der Waals surface area contributed by atoms with E-state index in [1.807, 2.05) is 81.4 Å². The van der Waals surface area contributed by atoms with Gasteiger partial charge in [-0.1, -0.05) is 102 Å². The van der Waals surface area contributed by atoms with Gasteiger partial charge in [-0.15, -0.1) is 0 Å². The first-order valence-electron chi connectivity index (χ1n) is 29.6. The van der Waals surface area contributed by atoms with Crippen LogP contribution in [0.4, 0.5) is 4.79 Å². The van der Waals surface area contributed by atoms with E-state index in [1.54, 1.807) is 34.7 Å². The molecule has 0 aliphatic rings. The minimum atomic E-state index is -1.29. The molecule has 0 aromatic carbocycles. The van der Waals surface area contributed by atoms with Crippen LogP contribution in [0.2, 0.25) is 0 Å². The molecule has 11 amide bonds. The summed E-state index contributed by atoms with van der Waals surface area (Å²) in [7, 11) is 11.5. The van der Waals surface area contributed by atoms with Crippen LogP contribution in [0, 0.1) is 35.5 Å².